The van der Waals surface area contributed by atoms with Crippen LogP contribution < -0.4 is 4.31 Å². The number of sulfonamides is 1. The molecule has 33 heavy (non-hydrogen) atoms. The molecule has 0 bridgehead atoms. The Kier molecular flexibility index (Phi) is 6.76. The lowest BCUT2D eigenvalue weighted by Gasteiger charge is -2.35. The van der Waals surface area contributed by atoms with Crippen LogP contribution >= 0.6 is 11.6 Å². The maximum absolute atomic E-state index is 13.5. The molecular weight excluding hydrogens is 462 g/mol. The monoisotopic (exact) mass is 487 g/mol. The maximum Gasteiger partial charge on any atom is 0.266 e. The van der Waals surface area contributed by atoms with Crippen LogP contribution in [0.5, 0.6) is 0 Å². The second-order valence-corrected chi connectivity index (χ2v) is 10.4. The van der Waals surface area contributed by atoms with Crippen LogP contribution in [0.2, 0.25) is 5.02 Å². The van der Waals surface area contributed by atoms with Crippen molar-refractivity contribution in [2.24, 2.45) is 5.92 Å². The molecule has 2 aliphatic rings. The van der Waals surface area contributed by atoms with E-state index in [1.807, 2.05) is 4.90 Å². The Labute approximate surface area is 199 Å². The minimum absolute atomic E-state index is 0.0383. The topological polar surface area (TPSA) is 78.0 Å². The quantitative estimate of drug-likeness (QED) is 0.561. The zero-order chi connectivity index (χ0) is 23.6. The number of anilines is 1. The highest BCUT2D eigenvalue weighted by Crippen LogP contribution is 2.32. The Hall–Kier alpha value is -2.84. The molecule has 0 aromatic heterocycles. The van der Waals surface area contributed by atoms with Gasteiger partial charge in [0.2, 0.25) is 5.91 Å². The normalized spacial score (nSPS) is 16.4. The third-order valence-electron chi connectivity index (χ3n) is 5.89. The predicted molar refractivity (Wildman–Crippen MR) is 128 cm³/mol. The number of amides is 2. The molecule has 0 N–H and O–H groups in total. The molecule has 174 valence electrons. The van der Waals surface area contributed by atoms with Crippen molar-refractivity contribution < 1.29 is 18.0 Å². The average molecular weight is 488 g/mol. The SMILES string of the molecule is C=CCN(c1ccccc1)S(=O)(=O)c1cc(C(=O)N2CCN(C(=O)C3CC3)CC2)ccc1Cl. The highest BCUT2D eigenvalue weighted by Gasteiger charge is 2.35. The first-order valence-corrected chi connectivity index (χ1v) is 12.7. The van der Waals surface area contributed by atoms with Gasteiger partial charge in [-0.1, -0.05) is 35.9 Å². The Morgan fingerprint density at radius 1 is 1.03 bits per heavy atom. The molecule has 2 aromatic rings. The molecule has 1 saturated heterocycles. The standard InChI is InChI=1S/C24H26ClN3O4S/c1-2-12-28(20-6-4-3-5-7-20)33(31,32)22-17-19(10-11-21(22)25)24(30)27-15-13-26(14-16-27)23(29)18-8-9-18/h2-7,10-11,17-18H,1,8-9,12-16H2. The predicted octanol–water partition coefficient (Wildman–Crippen LogP) is 3.42. The first-order valence-electron chi connectivity index (χ1n) is 10.9. The van der Waals surface area contributed by atoms with Gasteiger partial charge in [0.15, 0.2) is 0 Å². The van der Waals surface area contributed by atoms with Gasteiger partial charge < -0.3 is 9.80 Å². The van der Waals surface area contributed by atoms with Crippen molar-refractivity contribution in [2.45, 2.75) is 17.7 Å². The van der Waals surface area contributed by atoms with E-state index in [4.69, 9.17) is 11.6 Å². The summed E-state index contributed by atoms with van der Waals surface area (Å²) < 4.78 is 28.2. The van der Waals surface area contributed by atoms with Gasteiger partial charge in [-0.25, -0.2) is 8.42 Å². The minimum Gasteiger partial charge on any atom is -0.339 e. The summed E-state index contributed by atoms with van der Waals surface area (Å²) in [6, 6.07) is 13.0. The second-order valence-electron chi connectivity index (χ2n) is 8.20. The van der Waals surface area contributed by atoms with E-state index in [0.717, 1.165) is 12.8 Å². The molecule has 7 nitrogen and oxygen atoms in total. The molecule has 0 atom stereocenters. The zero-order valence-electron chi connectivity index (χ0n) is 18.2. The Morgan fingerprint density at radius 2 is 1.67 bits per heavy atom. The lowest BCUT2D eigenvalue weighted by molar-refractivity contribution is -0.134. The van der Waals surface area contributed by atoms with E-state index in [9.17, 15) is 18.0 Å². The van der Waals surface area contributed by atoms with Crippen molar-refractivity contribution in [3.8, 4) is 0 Å². The Balaban J connectivity index is 1.56. The maximum atomic E-state index is 13.5. The van der Waals surface area contributed by atoms with E-state index in [0.29, 0.717) is 31.9 Å². The summed E-state index contributed by atoms with van der Waals surface area (Å²) in [6.45, 7) is 5.52. The zero-order valence-corrected chi connectivity index (χ0v) is 19.8. The number of rotatable bonds is 7. The van der Waals surface area contributed by atoms with E-state index in [2.05, 4.69) is 6.58 Å². The number of piperazine rings is 1. The number of nitrogens with zero attached hydrogens (tertiary/aromatic N) is 3. The number of halogens is 1. The van der Waals surface area contributed by atoms with Crippen molar-refractivity contribution in [1.29, 1.82) is 0 Å². The van der Waals surface area contributed by atoms with Gasteiger partial charge in [0.1, 0.15) is 4.90 Å². The number of hydrogen-bond acceptors (Lipinski definition) is 4. The fourth-order valence-corrected chi connectivity index (χ4v) is 5.85. The summed E-state index contributed by atoms with van der Waals surface area (Å²) >= 11 is 6.29. The Morgan fingerprint density at radius 3 is 2.27 bits per heavy atom. The molecular formula is C24H26ClN3O4S. The molecule has 0 unspecified atom stereocenters. The summed E-state index contributed by atoms with van der Waals surface area (Å²) in [7, 11) is -4.05. The van der Waals surface area contributed by atoms with Gasteiger partial charge in [-0.15, -0.1) is 6.58 Å². The molecule has 0 radical (unpaired) electrons. The third-order valence-corrected chi connectivity index (χ3v) is 8.17. The summed E-state index contributed by atoms with van der Waals surface area (Å²) in [5.41, 5.74) is 0.716. The number of benzene rings is 2. The molecule has 1 aliphatic heterocycles. The van der Waals surface area contributed by atoms with Crippen molar-refractivity contribution in [2.75, 3.05) is 37.0 Å². The van der Waals surface area contributed by atoms with Crippen LogP contribution in [0.4, 0.5) is 5.69 Å². The van der Waals surface area contributed by atoms with Gasteiger partial charge in [-0.05, 0) is 43.2 Å². The van der Waals surface area contributed by atoms with Gasteiger partial charge in [0.05, 0.1) is 17.3 Å². The van der Waals surface area contributed by atoms with E-state index in [-0.39, 0.29) is 39.8 Å². The van der Waals surface area contributed by atoms with Crippen LogP contribution in [0.1, 0.15) is 23.2 Å². The molecule has 1 saturated carbocycles. The van der Waals surface area contributed by atoms with Crippen molar-refractivity contribution in [3.63, 3.8) is 0 Å². The summed E-state index contributed by atoms with van der Waals surface area (Å²) in [5, 5.41) is 0.0383. The molecule has 2 aromatic carbocycles. The number of para-hydroxylation sites is 1. The number of hydrogen-bond donors (Lipinski definition) is 0. The van der Waals surface area contributed by atoms with Crippen molar-refractivity contribution >= 4 is 39.1 Å². The van der Waals surface area contributed by atoms with E-state index in [1.54, 1.807) is 35.2 Å². The van der Waals surface area contributed by atoms with E-state index < -0.39 is 10.0 Å². The molecule has 9 heteroatoms. The molecule has 0 spiro atoms. The first kappa shape index (κ1) is 23.3. The van der Waals surface area contributed by atoms with Crippen molar-refractivity contribution in [1.82, 2.24) is 9.80 Å². The molecule has 1 heterocycles. The first-order chi connectivity index (χ1) is 15.8. The molecule has 2 fully saturated rings. The summed E-state index contributed by atoms with van der Waals surface area (Å²) in [6.07, 6.45) is 3.40. The van der Waals surface area contributed by atoms with Crippen LogP contribution in [-0.2, 0) is 14.8 Å². The minimum atomic E-state index is -4.05. The van der Waals surface area contributed by atoms with E-state index in [1.165, 1.54) is 28.6 Å². The van der Waals surface area contributed by atoms with Crippen LogP contribution in [0.15, 0.2) is 66.1 Å². The van der Waals surface area contributed by atoms with Gasteiger partial charge in [-0.2, -0.15) is 0 Å². The molecule has 1 aliphatic carbocycles. The second kappa shape index (κ2) is 9.57. The lowest BCUT2D eigenvalue weighted by Crippen LogP contribution is -2.51. The number of carbonyl (C=O) groups is 2. The van der Waals surface area contributed by atoms with Gasteiger partial charge >= 0.3 is 0 Å². The highest BCUT2D eigenvalue weighted by molar-refractivity contribution is 7.93. The van der Waals surface area contributed by atoms with Crippen LogP contribution in [0.3, 0.4) is 0 Å². The van der Waals surface area contributed by atoms with E-state index >= 15 is 0 Å². The number of carbonyl (C=O) groups excluding carboxylic acids is 2. The Bertz CT molecular complexity index is 1160. The smallest absolute Gasteiger partial charge is 0.266 e. The van der Waals surface area contributed by atoms with Crippen LogP contribution in [0.25, 0.3) is 0 Å². The summed E-state index contributed by atoms with van der Waals surface area (Å²) in [4.78, 5) is 28.7. The van der Waals surface area contributed by atoms with Gasteiger partial charge in [0, 0.05) is 37.7 Å². The van der Waals surface area contributed by atoms with Crippen LogP contribution in [-0.4, -0.2) is 62.8 Å². The molecule has 4 rings (SSSR count). The van der Waals surface area contributed by atoms with Crippen molar-refractivity contribution in [3.05, 3.63) is 71.8 Å². The third kappa shape index (κ3) is 4.91. The average Bonchev–Trinajstić information content (AvgIpc) is 3.68. The van der Waals surface area contributed by atoms with Gasteiger partial charge in [0.25, 0.3) is 15.9 Å². The largest absolute Gasteiger partial charge is 0.339 e. The lowest BCUT2D eigenvalue weighted by atomic mass is 10.1. The highest BCUT2D eigenvalue weighted by atomic mass is 35.5. The summed E-state index contributed by atoms with van der Waals surface area (Å²) in [5.74, 6) is 0.0428. The van der Waals surface area contributed by atoms with Gasteiger partial charge in [-0.3, -0.25) is 13.9 Å². The fourth-order valence-electron chi connectivity index (χ4n) is 3.91. The fraction of sp³-hybridized carbons (Fsp3) is 0.333. The van der Waals surface area contributed by atoms with Crippen LogP contribution in [0, 0.1) is 5.92 Å². The molecule has 2 amide bonds.